The van der Waals surface area contributed by atoms with E-state index in [1.807, 2.05) is 18.2 Å². The number of benzene rings is 1. The number of imidazole rings is 1. The Morgan fingerprint density at radius 1 is 1.50 bits per heavy atom. The summed E-state index contributed by atoms with van der Waals surface area (Å²) < 4.78 is 0. The van der Waals surface area contributed by atoms with Crippen LogP contribution in [0.1, 0.15) is 11.5 Å². The van der Waals surface area contributed by atoms with E-state index in [0.717, 1.165) is 16.6 Å². The minimum atomic E-state index is 0.0164. The van der Waals surface area contributed by atoms with E-state index >= 15 is 0 Å². The summed E-state index contributed by atoms with van der Waals surface area (Å²) in [5.74, 6) is 0.0164. The van der Waals surface area contributed by atoms with Crippen LogP contribution in [0.5, 0.6) is 0 Å². The molecule has 0 saturated heterocycles. The Bertz CT molecular complexity index is 420. The number of nitrogens with zero attached hydrogens (tertiary/aromatic N) is 1. The molecule has 0 aliphatic rings. The van der Waals surface area contributed by atoms with Gasteiger partial charge in [-0.25, -0.2) is 4.98 Å². The van der Waals surface area contributed by atoms with E-state index in [-0.39, 0.29) is 12.5 Å². The van der Waals surface area contributed by atoms with E-state index in [0.29, 0.717) is 6.54 Å². The number of hydrogen-bond acceptors (Lipinski definition) is 3. The van der Waals surface area contributed by atoms with Crippen molar-refractivity contribution in [3.05, 3.63) is 30.1 Å². The maximum Gasteiger partial charge on any atom is 0.0931 e. The minimum absolute atomic E-state index is 0.0164. The first-order chi connectivity index (χ1) is 6.85. The van der Waals surface area contributed by atoms with E-state index in [1.54, 1.807) is 6.33 Å². The SMILES string of the molecule is NCC(CO)c1ccc2nc[nH]c2c1. The largest absolute Gasteiger partial charge is 0.396 e. The number of aromatic nitrogens is 2. The third-order valence-corrected chi connectivity index (χ3v) is 2.42. The van der Waals surface area contributed by atoms with Crippen molar-refractivity contribution in [2.24, 2.45) is 5.73 Å². The number of hydrogen-bond donors (Lipinski definition) is 3. The number of nitrogens with one attached hydrogen (secondary N) is 1. The Labute approximate surface area is 81.8 Å². The summed E-state index contributed by atoms with van der Waals surface area (Å²) in [6.45, 7) is 0.534. The molecule has 0 bridgehead atoms. The maximum atomic E-state index is 9.10. The molecule has 4 nitrogen and oxygen atoms in total. The molecule has 1 aromatic carbocycles. The van der Waals surface area contributed by atoms with E-state index in [9.17, 15) is 0 Å². The third-order valence-electron chi connectivity index (χ3n) is 2.42. The first-order valence-electron chi connectivity index (χ1n) is 4.59. The van der Waals surface area contributed by atoms with Crippen LogP contribution in [0.4, 0.5) is 0 Å². The van der Waals surface area contributed by atoms with Crippen molar-refractivity contribution in [2.45, 2.75) is 5.92 Å². The van der Waals surface area contributed by atoms with Gasteiger partial charge < -0.3 is 15.8 Å². The lowest BCUT2D eigenvalue weighted by Crippen LogP contribution is -2.15. The van der Waals surface area contributed by atoms with Crippen LogP contribution in [0, 0.1) is 0 Å². The van der Waals surface area contributed by atoms with Crippen molar-refractivity contribution in [3.63, 3.8) is 0 Å². The number of aliphatic hydroxyl groups excluding tert-OH is 1. The highest BCUT2D eigenvalue weighted by molar-refractivity contribution is 5.75. The molecule has 0 aliphatic carbocycles. The molecule has 1 unspecified atom stereocenters. The predicted molar refractivity (Wildman–Crippen MR) is 55.0 cm³/mol. The maximum absolute atomic E-state index is 9.10. The monoisotopic (exact) mass is 191 g/mol. The van der Waals surface area contributed by atoms with Crippen LogP contribution in [-0.4, -0.2) is 28.2 Å². The summed E-state index contributed by atoms with van der Waals surface area (Å²) in [7, 11) is 0. The van der Waals surface area contributed by atoms with Gasteiger partial charge in [0, 0.05) is 12.5 Å². The second kappa shape index (κ2) is 3.77. The van der Waals surface area contributed by atoms with Crippen LogP contribution < -0.4 is 5.73 Å². The van der Waals surface area contributed by atoms with Gasteiger partial charge in [0.15, 0.2) is 0 Å². The van der Waals surface area contributed by atoms with Gasteiger partial charge in [-0.2, -0.15) is 0 Å². The molecule has 14 heavy (non-hydrogen) atoms. The van der Waals surface area contributed by atoms with Gasteiger partial charge in [-0.3, -0.25) is 0 Å². The summed E-state index contributed by atoms with van der Waals surface area (Å²) in [4.78, 5) is 7.15. The van der Waals surface area contributed by atoms with Gasteiger partial charge in [-0.15, -0.1) is 0 Å². The van der Waals surface area contributed by atoms with Gasteiger partial charge in [-0.05, 0) is 17.7 Å². The number of fused-ring (bicyclic) bond motifs is 1. The summed E-state index contributed by atoms with van der Waals surface area (Å²) >= 11 is 0. The second-order valence-electron chi connectivity index (χ2n) is 3.29. The predicted octanol–water partition coefficient (Wildman–Crippen LogP) is 0.597. The molecular weight excluding hydrogens is 178 g/mol. The highest BCUT2D eigenvalue weighted by Crippen LogP contribution is 2.18. The molecule has 0 fully saturated rings. The van der Waals surface area contributed by atoms with Crippen molar-refractivity contribution < 1.29 is 5.11 Å². The standard InChI is InChI=1S/C10H13N3O/c11-4-8(5-14)7-1-2-9-10(3-7)13-6-12-9/h1-3,6,8,14H,4-5,11H2,(H,12,13). The Morgan fingerprint density at radius 3 is 3.07 bits per heavy atom. The topological polar surface area (TPSA) is 74.9 Å². The number of nitrogens with two attached hydrogens (primary N) is 1. The Hall–Kier alpha value is -1.39. The molecule has 4 heteroatoms. The molecule has 2 rings (SSSR count). The van der Waals surface area contributed by atoms with Crippen LogP contribution in [0.3, 0.4) is 0 Å². The van der Waals surface area contributed by atoms with Gasteiger partial charge in [0.1, 0.15) is 0 Å². The molecular formula is C10H13N3O. The number of rotatable bonds is 3. The van der Waals surface area contributed by atoms with Crippen molar-refractivity contribution in [1.29, 1.82) is 0 Å². The normalized spacial score (nSPS) is 13.3. The van der Waals surface area contributed by atoms with E-state index in [2.05, 4.69) is 9.97 Å². The van der Waals surface area contributed by atoms with Crippen molar-refractivity contribution in [3.8, 4) is 0 Å². The summed E-state index contributed by atoms with van der Waals surface area (Å²) in [5.41, 5.74) is 8.51. The first-order valence-corrected chi connectivity index (χ1v) is 4.59. The van der Waals surface area contributed by atoms with Crippen LogP contribution in [-0.2, 0) is 0 Å². The fourth-order valence-corrected chi connectivity index (χ4v) is 1.52. The smallest absolute Gasteiger partial charge is 0.0931 e. The van der Waals surface area contributed by atoms with E-state index < -0.39 is 0 Å². The Balaban J connectivity index is 2.42. The molecule has 0 spiro atoms. The lowest BCUT2D eigenvalue weighted by molar-refractivity contribution is 0.268. The Kier molecular flexibility index (Phi) is 2.47. The van der Waals surface area contributed by atoms with E-state index in [1.165, 1.54) is 0 Å². The first kappa shape index (κ1) is 9.18. The van der Waals surface area contributed by atoms with Crippen molar-refractivity contribution in [1.82, 2.24) is 9.97 Å². The van der Waals surface area contributed by atoms with Crippen LogP contribution in [0.2, 0.25) is 0 Å². The van der Waals surface area contributed by atoms with Gasteiger partial charge in [-0.1, -0.05) is 6.07 Å². The molecule has 74 valence electrons. The zero-order chi connectivity index (χ0) is 9.97. The summed E-state index contributed by atoms with van der Waals surface area (Å²) in [6, 6.07) is 5.87. The average molecular weight is 191 g/mol. The highest BCUT2D eigenvalue weighted by Gasteiger charge is 2.08. The van der Waals surface area contributed by atoms with Crippen molar-refractivity contribution >= 4 is 11.0 Å². The zero-order valence-corrected chi connectivity index (χ0v) is 7.77. The number of H-pyrrole nitrogens is 1. The molecule has 1 aromatic heterocycles. The fourth-order valence-electron chi connectivity index (χ4n) is 1.52. The van der Waals surface area contributed by atoms with Gasteiger partial charge in [0.25, 0.3) is 0 Å². The minimum Gasteiger partial charge on any atom is -0.396 e. The molecule has 2 aromatic rings. The molecule has 0 aliphatic heterocycles. The lowest BCUT2D eigenvalue weighted by Gasteiger charge is -2.11. The van der Waals surface area contributed by atoms with Crippen LogP contribution in [0.25, 0.3) is 11.0 Å². The Morgan fingerprint density at radius 2 is 2.36 bits per heavy atom. The molecule has 1 atom stereocenters. The van der Waals surface area contributed by atoms with Crippen molar-refractivity contribution in [2.75, 3.05) is 13.2 Å². The van der Waals surface area contributed by atoms with Gasteiger partial charge in [0.2, 0.25) is 0 Å². The van der Waals surface area contributed by atoms with Gasteiger partial charge in [0.05, 0.1) is 24.0 Å². The highest BCUT2D eigenvalue weighted by atomic mass is 16.3. The summed E-state index contributed by atoms with van der Waals surface area (Å²) in [6.07, 6.45) is 1.66. The van der Waals surface area contributed by atoms with E-state index in [4.69, 9.17) is 10.8 Å². The molecule has 4 N–H and O–H groups in total. The van der Waals surface area contributed by atoms with Crippen LogP contribution >= 0.6 is 0 Å². The fraction of sp³-hybridized carbons (Fsp3) is 0.300. The molecule has 0 radical (unpaired) electrons. The lowest BCUT2D eigenvalue weighted by atomic mass is 10.00. The third kappa shape index (κ3) is 1.49. The number of aromatic amines is 1. The molecule has 0 amide bonds. The molecule has 1 heterocycles. The zero-order valence-electron chi connectivity index (χ0n) is 7.77. The van der Waals surface area contributed by atoms with Crippen LogP contribution in [0.15, 0.2) is 24.5 Å². The average Bonchev–Trinajstić information content (AvgIpc) is 2.66. The quantitative estimate of drug-likeness (QED) is 0.665. The van der Waals surface area contributed by atoms with Gasteiger partial charge >= 0.3 is 0 Å². The number of aliphatic hydroxyl groups is 1. The summed E-state index contributed by atoms with van der Waals surface area (Å²) in [5, 5.41) is 9.10. The molecule has 0 saturated carbocycles. The second-order valence-corrected chi connectivity index (χ2v) is 3.29.